The summed E-state index contributed by atoms with van der Waals surface area (Å²) in [4.78, 5) is 0. The first-order chi connectivity index (χ1) is 9.43. The third kappa shape index (κ3) is 3.00. The Bertz CT molecular complexity index is 623. The smallest absolute Gasteiger partial charge is 0.134 e. The van der Waals surface area contributed by atoms with Crippen LogP contribution in [-0.4, -0.2) is 7.11 Å². The fourth-order valence-electron chi connectivity index (χ4n) is 1.76. The third-order valence-corrected chi connectivity index (χ3v) is 3.99. The summed E-state index contributed by atoms with van der Waals surface area (Å²) in [6, 6.07) is 6.71. The zero-order valence-electron chi connectivity index (χ0n) is 10.3. The summed E-state index contributed by atoms with van der Waals surface area (Å²) in [5.41, 5.74) is 0.190. The molecule has 0 heterocycles. The van der Waals surface area contributed by atoms with Crippen molar-refractivity contribution in [2.45, 2.75) is 5.38 Å². The van der Waals surface area contributed by atoms with E-state index in [1.165, 1.54) is 19.2 Å². The van der Waals surface area contributed by atoms with Crippen LogP contribution >= 0.6 is 34.8 Å². The lowest BCUT2D eigenvalue weighted by Gasteiger charge is -2.14. The maximum Gasteiger partial charge on any atom is 0.134 e. The minimum absolute atomic E-state index is 0.0850. The minimum atomic E-state index is -1.02. The van der Waals surface area contributed by atoms with Crippen molar-refractivity contribution in [3.63, 3.8) is 0 Å². The van der Waals surface area contributed by atoms with Gasteiger partial charge in [0.25, 0.3) is 0 Å². The van der Waals surface area contributed by atoms with Crippen LogP contribution in [0.4, 0.5) is 8.78 Å². The Morgan fingerprint density at radius 2 is 1.60 bits per heavy atom. The molecule has 2 rings (SSSR count). The van der Waals surface area contributed by atoms with E-state index in [9.17, 15) is 8.78 Å². The second-order valence-corrected chi connectivity index (χ2v) is 5.29. The summed E-state index contributed by atoms with van der Waals surface area (Å²) < 4.78 is 32.7. The van der Waals surface area contributed by atoms with Gasteiger partial charge in [-0.15, -0.1) is 11.6 Å². The van der Waals surface area contributed by atoms with Gasteiger partial charge in [0, 0.05) is 17.7 Å². The summed E-state index contributed by atoms with van der Waals surface area (Å²) in [5.74, 6) is -1.48. The molecule has 0 amide bonds. The van der Waals surface area contributed by atoms with Gasteiger partial charge in [0.1, 0.15) is 17.4 Å². The molecule has 0 radical (unpaired) electrons. The molecular formula is C14H9Cl3F2O. The molecule has 0 N–H and O–H groups in total. The van der Waals surface area contributed by atoms with Crippen LogP contribution in [0.5, 0.6) is 5.75 Å². The van der Waals surface area contributed by atoms with Gasteiger partial charge in [0.05, 0.1) is 22.5 Å². The van der Waals surface area contributed by atoms with Crippen LogP contribution in [0.25, 0.3) is 0 Å². The van der Waals surface area contributed by atoms with Crippen LogP contribution in [-0.2, 0) is 0 Å². The van der Waals surface area contributed by atoms with Gasteiger partial charge in [0.2, 0.25) is 0 Å². The number of rotatable bonds is 3. The molecule has 6 heteroatoms. The molecule has 2 aromatic rings. The van der Waals surface area contributed by atoms with Crippen molar-refractivity contribution in [2.75, 3.05) is 7.11 Å². The first-order valence-corrected chi connectivity index (χ1v) is 6.75. The van der Waals surface area contributed by atoms with Crippen LogP contribution in [0, 0.1) is 11.6 Å². The quantitative estimate of drug-likeness (QED) is 0.662. The van der Waals surface area contributed by atoms with Crippen LogP contribution in [0.3, 0.4) is 0 Å². The van der Waals surface area contributed by atoms with Crippen LogP contribution < -0.4 is 4.74 Å². The first-order valence-electron chi connectivity index (χ1n) is 5.56. The third-order valence-electron chi connectivity index (χ3n) is 2.78. The van der Waals surface area contributed by atoms with Crippen molar-refractivity contribution in [1.82, 2.24) is 0 Å². The number of hydrogen-bond acceptors (Lipinski definition) is 1. The molecule has 0 saturated heterocycles. The van der Waals surface area contributed by atoms with Crippen molar-refractivity contribution in [3.8, 4) is 5.75 Å². The van der Waals surface area contributed by atoms with E-state index in [-0.39, 0.29) is 16.3 Å². The highest BCUT2D eigenvalue weighted by atomic mass is 35.5. The minimum Gasteiger partial charge on any atom is -0.497 e. The second kappa shape index (κ2) is 6.17. The Hall–Kier alpha value is -1.03. The maximum atomic E-state index is 14.0. The van der Waals surface area contributed by atoms with Crippen molar-refractivity contribution in [3.05, 3.63) is 63.1 Å². The predicted molar refractivity (Wildman–Crippen MR) is 77.1 cm³/mol. The molecule has 0 saturated carbocycles. The lowest BCUT2D eigenvalue weighted by Crippen LogP contribution is -2.02. The Morgan fingerprint density at radius 3 is 2.10 bits per heavy atom. The topological polar surface area (TPSA) is 9.23 Å². The van der Waals surface area contributed by atoms with Gasteiger partial charge in [0.15, 0.2) is 0 Å². The largest absolute Gasteiger partial charge is 0.497 e. The normalized spacial score (nSPS) is 12.3. The number of hydrogen-bond donors (Lipinski definition) is 0. The predicted octanol–water partition coefficient (Wildman–Crippen LogP) is 5.61. The van der Waals surface area contributed by atoms with Crippen LogP contribution in [0.15, 0.2) is 30.3 Å². The zero-order chi connectivity index (χ0) is 14.9. The average molecular weight is 338 g/mol. The molecule has 20 heavy (non-hydrogen) atoms. The highest BCUT2D eigenvalue weighted by Crippen LogP contribution is 2.36. The monoisotopic (exact) mass is 336 g/mol. The molecule has 0 bridgehead atoms. The summed E-state index contributed by atoms with van der Waals surface area (Å²) in [6.07, 6.45) is 0. The Kier molecular flexibility index (Phi) is 4.74. The molecule has 0 aromatic heterocycles. The molecule has 1 nitrogen and oxygen atoms in total. The standard InChI is InChI=1S/C14H9Cl3F2O/c1-20-8-5-11(18)13(12(19)6-8)14(17)7-2-3-9(15)10(16)4-7/h2-6,14H,1H3. The van der Waals surface area contributed by atoms with Gasteiger partial charge in [-0.25, -0.2) is 8.78 Å². The van der Waals surface area contributed by atoms with E-state index in [2.05, 4.69) is 0 Å². The van der Waals surface area contributed by atoms with Crippen LogP contribution in [0.1, 0.15) is 16.5 Å². The Morgan fingerprint density at radius 1 is 1.00 bits per heavy atom. The number of ether oxygens (including phenoxy) is 1. The highest BCUT2D eigenvalue weighted by molar-refractivity contribution is 6.42. The van der Waals surface area contributed by atoms with E-state index in [0.29, 0.717) is 10.6 Å². The van der Waals surface area contributed by atoms with E-state index < -0.39 is 17.0 Å². The molecule has 0 aliphatic carbocycles. The molecule has 0 spiro atoms. The molecule has 0 fully saturated rings. The van der Waals surface area contributed by atoms with Crippen molar-refractivity contribution < 1.29 is 13.5 Å². The number of halogens is 5. The van der Waals surface area contributed by atoms with Crippen molar-refractivity contribution >= 4 is 34.8 Å². The number of alkyl halides is 1. The lowest BCUT2D eigenvalue weighted by atomic mass is 10.0. The number of benzene rings is 2. The molecule has 0 aliphatic rings. The van der Waals surface area contributed by atoms with Gasteiger partial charge in [-0.1, -0.05) is 29.3 Å². The molecule has 0 aliphatic heterocycles. The zero-order valence-corrected chi connectivity index (χ0v) is 12.5. The van der Waals surface area contributed by atoms with E-state index in [1.807, 2.05) is 0 Å². The summed E-state index contributed by atoms with van der Waals surface area (Å²) >= 11 is 17.8. The number of methoxy groups -OCH3 is 1. The molecule has 1 unspecified atom stereocenters. The Balaban J connectivity index is 2.47. The molecule has 1 atom stereocenters. The van der Waals surface area contributed by atoms with Crippen molar-refractivity contribution in [2.24, 2.45) is 0 Å². The van der Waals surface area contributed by atoms with E-state index in [1.54, 1.807) is 6.07 Å². The second-order valence-electron chi connectivity index (χ2n) is 4.04. The summed E-state index contributed by atoms with van der Waals surface area (Å²) in [6.45, 7) is 0. The van der Waals surface area contributed by atoms with Crippen molar-refractivity contribution in [1.29, 1.82) is 0 Å². The van der Waals surface area contributed by atoms with Gasteiger partial charge < -0.3 is 4.74 Å². The van der Waals surface area contributed by atoms with Gasteiger partial charge in [-0.05, 0) is 17.7 Å². The fraction of sp³-hybridized carbons (Fsp3) is 0.143. The van der Waals surface area contributed by atoms with Gasteiger partial charge in [-0.2, -0.15) is 0 Å². The molecule has 2 aromatic carbocycles. The molecular weight excluding hydrogens is 329 g/mol. The maximum absolute atomic E-state index is 14.0. The lowest BCUT2D eigenvalue weighted by molar-refractivity contribution is 0.405. The molecule has 106 valence electrons. The van der Waals surface area contributed by atoms with Gasteiger partial charge >= 0.3 is 0 Å². The average Bonchev–Trinajstić information content (AvgIpc) is 2.40. The van der Waals surface area contributed by atoms with Crippen LogP contribution in [0.2, 0.25) is 10.0 Å². The highest BCUT2D eigenvalue weighted by Gasteiger charge is 2.21. The SMILES string of the molecule is COc1cc(F)c(C(Cl)c2ccc(Cl)c(Cl)c2)c(F)c1. The van der Waals surface area contributed by atoms with E-state index in [4.69, 9.17) is 39.5 Å². The van der Waals surface area contributed by atoms with Gasteiger partial charge in [-0.3, -0.25) is 0 Å². The first kappa shape index (κ1) is 15.4. The van der Waals surface area contributed by atoms with E-state index >= 15 is 0 Å². The fourth-order valence-corrected chi connectivity index (χ4v) is 2.41. The Labute approximate surface area is 130 Å². The summed E-state index contributed by atoms with van der Waals surface area (Å²) in [5, 5.41) is -0.408. The summed E-state index contributed by atoms with van der Waals surface area (Å²) in [7, 11) is 1.32. The van der Waals surface area contributed by atoms with E-state index in [0.717, 1.165) is 12.1 Å².